The molecule has 0 N–H and O–H groups in total. The Morgan fingerprint density at radius 1 is 1.37 bits per heavy atom. The van der Waals surface area contributed by atoms with Crippen molar-refractivity contribution >= 4 is 19.7 Å². The predicted octanol–water partition coefficient (Wildman–Crippen LogP) is 1.46. The Bertz CT molecular complexity index is 555. The Kier molecular flexibility index (Phi) is 4.23. The number of nitrogens with zero attached hydrogens (tertiary/aromatic N) is 1. The van der Waals surface area contributed by atoms with Gasteiger partial charge in [0.15, 0.2) is 11.5 Å². The number of benzene rings is 1. The van der Waals surface area contributed by atoms with Crippen LogP contribution in [0.4, 0.5) is 0 Å². The molecular weight excluding hydrogens is 290 g/mol. The van der Waals surface area contributed by atoms with Crippen molar-refractivity contribution in [3.63, 3.8) is 0 Å². The van der Waals surface area contributed by atoms with Crippen LogP contribution in [0.3, 0.4) is 0 Å². The van der Waals surface area contributed by atoms with Crippen molar-refractivity contribution in [1.82, 2.24) is 4.90 Å². The summed E-state index contributed by atoms with van der Waals surface area (Å²) in [4.78, 5) is 2.14. The van der Waals surface area contributed by atoms with E-state index in [-0.39, 0.29) is 11.9 Å². The molecule has 5 nitrogen and oxygen atoms in total. The number of rotatable bonds is 5. The van der Waals surface area contributed by atoms with Gasteiger partial charge in [0.2, 0.25) is 9.05 Å². The van der Waals surface area contributed by atoms with E-state index in [0.29, 0.717) is 17.1 Å². The minimum Gasteiger partial charge on any atom is -0.493 e. The first-order valence-electron chi connectivity index (χ1n) is 5.82. The summed E-state index contributed by atoms with van der Waals surface area (Å²) < 4.78 is 33.1. The lowest BCUT2D eigenvalue weighted by molar-refractivity contribution is 0.0369. The van der Waals surface area contributed by atoms with Crippen LogP contribution in [0.2, 0.25) is 0 Å². The SMILES string of the molecule is COc1cc(CS(=O)(=O)Cl)ccc1OC1CN(C)C1. The fourth-order valence-electron chi connectivity index (χ4n) is 1.99. The second-order valence-electron chi connectivity index (χ2n) is 4.63. The third kappa shape index (κ3) is 3.99. The Labute approximate surface area is 117 Å². The van der Waals surface area contributed by atoms with Crippen molar-refractivity contribution in [1.29, 1.82) is 0 Å². The lowest BCUT2D eigenvalue weighted by atomic mass is 10.2. The minimum atomic E-state index is -3.57. The Morgan fingerprint density at radius 2 is 2.05 bits per heavy atom. The first kappa shape index (κ1) is 14.4. The normalized spacial score (nSPS) is 17.0. The number of ether oxygens (including phenoxy) is 2. The summed E-state index contributed by atoms with van der Waals surface area (Å²) in [5.74, 6) is 0.917. The van der Waals surface area contributed by atoms with Gasteiger partial charge >= 0.3 is 0 Å². The largest absolute Gasteiger partial charge is 0.493 e. The summed E-state index contributed by atoms with van der Waals surface area (Å²) >= 11 is 0. The van der Waals surface area contributed by atoms with Gasteiger partial charge in [0, 0.05) is 23.8 Å². The van der Waals surface area contributed by atoms with E-state index in [2.05, 4.69) is 4.90 Å². The van der Waals surface area contributed by atoms with Crippen molar-refractivity contribution in [3.8, 4) is 11.5 Å². The number of likely N-dealkylation sites (tertiary alicyclic amines) is 1. The van der Waals surface area contributed by atoms with Gasteiger partial charge < -0.3 is 9.47 Å². The van der Waals surface area contributed by atoms with Crippen LogP contribution in [0, 0.1) is 0 Å². The molecule has 1 saturated heterocycles. The van der Waals surface area contributed by atoms with E-state index in [1.165, 1.54) is 7.11 Å². The molecule has 0 unspecified atom stereocenters. The predicted molar refractivity (Wildman–Crippen MR) is 73.4 cm³/mol. The summed E-state index contributed by atoms with van der Waals surface area (Å²) in [5.41, 5.74) is 0.574. The molecular formula is C12H16ClNO4S. The van der Waals surface area contributed by atoms with Crippen molar-refractivity contribution < 1.29 is 17.9 Å². The average molecular weight is 306 g/mol. The fraction of sp³-hybridized carbons (Fsp3) is 0.500. The highest BCUT2D eigenvalue weighted by atomic mass is 35.7. The van der Waals surface area contributed by atoms with Gasteiger partial charge in [-0.2, -0.15) is 0 Å². The van der Waals surface area contributed by atoms with Crippen molar-refractivity contribution in [3.05, 3.63) is 23.8 Å². The van der Waals surface area contributed by atoms with E-state index in [1.54, 1.807) is 18.2 Å². The molecule has 0 aliphatic carbocycles. The molecule has 1 aromatic carbocycles. The van der Waals surface area contributed by atoms with E-state index in [1.807, 2.05) is 7.05 Å². The van der Waals surface area contributed by atoms with Crippen LogP contribution in [0.15, 0.2) is 18.2 Å². The quantitative estimate of drug-likeness (QED) is 0.771. The summed E-state index contributed by atoms with van der Waals surface area (Å²) in [6, 6.07) is 5.03. The standard InChI is InChI=1S/C12H16ClNO4S/c1-14-6-10(7-14)18-11-4-3-9(5-12(11)17-2)8-19(13,15)16/h3-5,10H,6-8H2,1-2H3. The molecule has 19 heavy (non-hydrogen) atoms. The van der Waals surface area contributed by atoms with Crippen LogP contribution in [0.25, 0.3) is 0 Å². The minimum absolute atomic E-state index is 0.154. The van der Waals surface area contributed by atoms with E-state index in [0.717, 1.165) is 13.1 Å². The molecule has 1 aromatic rings. The molecule has 2 rings (SSSR count). The zero-order valence-electron chi connectivity index (χ0n) is 10.8. The number of halogens is 1. The number of likely N-dealkylation sites (N-methyl/N-ethyl adjacent to an activating group) is 1. The molecule has 0 amide bonds. The summed E-state index contributed by atoms with van der Waals surface area (Å²) in [7, 11) is 5.20. The molecule has 1 fully saturated rings. The van der Waals surface area contributed by atoms with Crippen LogP contribution in [-0.2, 0) is 14.8 Å². The first-order chi connectivity index (χ1) is 8.87. The molecule has 106 valence electrons. The average Bonchev–Trinajstić information content (AvgIpc) is 2.26. The van der Waals surface area contributed by atoms with Gasteiger partial charge in [-0.15, -0.1) is 0 Å². The molecule has 7 heteroatoms. The molecule has 1 heterocycles. The highest BCUT2D eigenvalue weighted by molar-refractivity contribution is 8.13. The van der Waals surface area contributed by atoms with Crippen LogP contribution in [0.1, 0.15) is 5.56 Å². The third-order valence-corrected chi connectivity index (χ3v) is 3.90. The topological polar surface area (TPSA) is 55.8 Å². The fourth-order valence-corrected chi connectivity index (χ4v) is 2.95. The Balaban J connectivity index is 2.12. The third-order valence-electron chi connectivity index (χ3n) is 2.89. The lowest BCUT2D eigenvalue weighted by Crippen LogP contribution is -2.51. The van der Waals surface area contributed by atoms with E-state index >= 15 is 0 Å². The second-order valence-corrected chi connectivity index (χ2v) is 7.41. The number of hydrogen-bond acceptors (Lipinski definition) is 5. The molecule has 0 atom stereocenters. The highest BCUT2D eigenvalue weighted by Gasteiger charge is 2.26. The van der Waals surface area contributed by atoms with Crippen molar-refractivity contribution in [2.75, 3.05) is 27.2 Å². The smallest absolute Gasteiger partial charge is 0.236 e. The summed E-state index contributed by atoms with van der Waals surface area (Å²) in [5, 5.41) is 0. The molecule has 0 spiro atoms. The van der Waals surface area contributed by atoms with Crippen molar-refractivity contribution in [2.45, 2.75) is 11.9 Å². The first-order valence-corrected chi connectivity index (χ1v) is 8.29. The van der Waals surface area contributed by atoms with Gasteiger partial charge in [-0.25, -0.2) is 8.42 Å². The zero-order chi connectivity index (χ0) is 14.0. The molecule has 0 bridgehead atoms. The van der Waals surface area contributed by atoms with Crippen LogP contribution in [0.5, 0.6) is 11.5 Å². The van der Waals surface area contributed by atoms with Crippen LogP contribution < -0.4 is 9.47 Å². The van der Waals surface area contributed by atoms with Crippen molar-refractivity contribution in [2.24, 2.45) is 0 Å². The molecule has 0 radical (unpaired) electrons. The van der Waals surface area contributed by atoms with Gasteiger partial charge in [-0.3, -0.25) is 4.90 Å². The van der Waals surface area contributed by atoms with E-state index < -0.39 is 9.05 Å². The number of methoxy groups -OCH3 is 1. The second kappa shape index (κ2) is 5.56. The van der Waals surface area contributed by atoms with Gasteiger partial charge in [-0.1, -0.05) is 6.07 Å². The van der Waals surface area contributed by atoms with Crippen LogP contribution >= 0.6 is 10.7 Å². The van der Waals surface area contributed by atoms with Gasteiger partial charge in [-0.05, 0) is 24.7 Å². The highest BCUT2D eigenvalue weighted by Crippen LogP contribution is 2.31. The number of hydrogen-bond donors (Lipinski definition) is 0. The van der Waals surface area contributed by atoms with Crippen LogP contribution in [-0.4, -0.2) is 46.7 Å². The Morgan fingerprint density at radius 3 is 2.58 bits per heavy atom. The molecule has 0 saturated carbocycles. The van der Waals surface area contributed by atoms with Gasteiger partial charge in [0.25, 0.3) is 0 Å². The van der Waals surface area contributed by atoms with E-state index in [9.17, 15) is 8.42 Å². The van der Waals surface area contributed by atoms with E-state index in [4.69, 9.17) is 20.2 Å². The molecule has 1 aliphatic rings. The van der Waals surface area contributed by atoms with Gasteiger partial charge in [0.05, 0.1) is 12.9 Å². The molecule has 0 aromatic heterocycles. The summed E-state index contributed by atoms with van der Waals surface area (Å²) in [6.07, 6.45) is 0.154. The maximum atomic E-state index is 11.0. The monoisotopic (exact) mass is 305 g/mol. The lowest BCUT2D eigenvalue weighted by Gasteiger charge is -2.36. The zero-order valence-corrected chi connectivity index (χ0v) is 12.4. The molecule has 1 aliphatic heterocycles. The Hall–Kier alpha value is -0.980. The van der Waals surface area contributed by atoms with Gasteiger partial charge in [0.1, 0.15) is 6.10 Å². The maximum Gasteiger partial charge on any atom is 0.236 e. The maximum absolute atomic E-state index is 11.0. The summed E-state index contributed by atoms with van der Waals surface area (Å²) in [6.45, 7) is 1.75.